The van der Waals surface area contributed by atoms with Crippen LogP contribution in [0.25, 0.3) is 11.1 Å². The van der Waals surface area contributed by atoms with Gasteiger partial charge in [0.2, 0.25) is 17.1 Å². The second-order valence-electron chi connectivity index (χ2n) is 8.83. The van der Waals surface area contributed by atoms with E-state index >= 15 is 0 Å². The van der Waals surface area contributed by atoms with Crippen molar-refractivity contribution in [3.63, 3.8) is 0 Å². The van der Waals surface area contributed by atoms with Crippen LogP contribution in [0.2, 0.25) is 0 Å². The lowest BCUT2D eigenvalue weighted by molar-refractivity contribution is -0.858. The van der Waals surface area contributed by atoms with E-state index in [4.69, 9.17) is 14.2 Å². The average Bonchev–Trinajstić information content (AvgIpc) is 3.04. The number of rotatable bonds is 9. The first-order valence-corrected chi connectivity index (χ1v) is 11.6. The monoisotopic (exact) mass is 470 g/mol. The van der Waals surface area contributed by atoms with Crippen LogP contribution in [0.1, 0.15) is 36.9 Å². The summed E-state index contributed by atoms with van der Waals surface area (Å²) in [5.41, 5.74) is 3.86. The van der Waals surface area contributed by atoms with Crippen molar-refractivity contribution in [2.24, 2.45) is 0 Å². The van der Waals surface area contributed by atoms with E-state index in [9.17, 15) is 9.59 Å². The van der Waals surface area contributed by atoms with Crippen molar-refractivity contribution in [2.45, 2.75) is 32.2 Å². The molecule has 1 aliphatic rings. The summed E-state index contributed by atoms with van der Waals surface area (Å²) in [7, 11) is 8.97. The second kappa shape index (κ2) is 11.2. The van der Waals surface area contributed by atoms with Crippen molar-refractivity contribution in [3.05, 3.63) is 45.6 Å². The molecule has 0 spiro atoms. The molecule has 0 radical (unpaired) electrons. The number of fused-ring (bicyclic) bond motifs is 3. The highest BCUT2D eigenvalue weighted by atomic mass is 16.5. The van der Waals surface area contributed by atoms with Gasteiger partial charge in [-0.25, -0.2) is 0 Å². The minimum atomic E-state index is -0.313. The Hall–Kier alpha value is -3.26. The summed E-state index contributed by atoms with van der Waals surface area (Å²) in [6, 6.07) is 7.03. The molecule has 0 aliphatic heterocycles. The van der Waals surface area contributed by atoms with Crippen molar-refractivity contribution in [1.82, 2.24) is 5.32 Å². The van der Waals surface area contributed by atoms with Gasteiger partial charge < -0.3 is 29.7 Å². The number of benzene rings is 1. The van der Waals surface area contributed by atoms with Gasteiger partial charge in [-0.2, -0.15) is 0 Å². The van der Waals surface area contributed by atoms with E-state index in [-0.39, 0.29) is 17.4 Å². The lowest BCUT2D eigenvalue weighted by atomic mass is 9.95. The molecular formula is C26H36N3O5+. The Kier molecular flexibility index (Phi) is 8.39. The van der Waals surface area contributed by atoms with Crippen LogP contribution < -0.4 is 35.2 Å². The van der Waals surface area contributed by atoms with Gasteiger partial charge in [0.1, 0.15) is 0 Å². The third-order valence-electron chi connectivity index (χ3n) is 6.09. The zero-order valence-corrected chi connectivity index (χ0v) is 21.0. The summed E-state index contributed by atoms with van der Waals surface area (Å²) in [4.78, 5) is 26.6. The maximum absolute atomic E-state index is 13.2. The number of nitrogens with one attached hydrogen (secondary N) is 3. The van der Waals surface area contributed by atoms with Gasteiger partial charge in [0, 0.05) is 25.5 Å². The molecule has 184 valence electrons. The van der Waals surface area contributed by atoms with Gasteiger partial charge >= 0.3 is 0 Å². The number of aryl methyl sites for hydroxylation is 1. The predicted molar refractivity (Wildman–Crippen MR) is 133 cm³/mol. The van der Waals surface area contributed by atoms with Gasteiger partial charge in [0.25, 0.3) is 0 Å². The number of amides is 1. The first-order chi connectivity index (χ1) is 16.3. The van der Waals surface area contributed by atoms with Crippen LogP contribution in [0.5, 0.6) is 17.2 Å². The summed E-state index contributed by atoms with van der Waals surface area (Å²) in [6.45, 7) is 3.20. The number of carbonyl (C=O) groups is 1. The molecule has 34 heavy (non-hydrogen) atoms. The third-order valence-corrected chi connectivity index (χ3v) is 6.09. The SMILES string of the molecule is COc1cc2c(c(OC)c1OC)-c1ccc(NCCC[NH+](C)C)c(=O)cc1[C@@H](NC(C)=O)CC2. The zero-order chi connectivity index (χ0) is 24.8. The van der Waals surface area contributed by atoms with Crippen LogP contribution in [-0.2, 0) is 11.2 Å². The average molecular weight is 471 g/mol. The molecule has 8 nitrogen and oxygen atoms in total. The lowest BCUT2D eigenvalue weighted by Crippen LogP contribution is -3.05. The highest BCUT2D eigenvalue weighted by molar-refractivity contribution is 5.83. The molecule has 0 bridgehead atoms. The number of methoxy groups -OCH3 is 3. The fourth-order valence-corrected chi connectivity index (χ4v) is 4.52. The van der Waals surface area contributed by atoms with Crippen LogP contribution >= 0.6 is 0 Å². The molecule has 2 aromatic rings. The fourth-order valence-electron chi connectivity index (χ4n) is 4.52. The Bertz CT molecular complexity index is 1100. The van der Waals surface area contributed by atoms with Gasteiger partial charge in [0.05, 0.1) is 53.7 Å². The van der Waals surface area contributed by atoms with Crippen molar-refractivity contribution in [3.8, 4) is 28.4 Å². The Morgan fingerprint density at radius 1 is 1.09 bits per heavy atom. The number of anilines is 1. The molecular weight excluding hydrogens is 434 g/mol. The Balaban J connectivity index is 2.21. The van der Waals surface area contributed by atoms with Crippen LogP contribution in [0, 0.1) is 0 Å². The van der Waals surface area contributed by atoms with E-state index in [1.807, 2.05) is 18.2 Å². The van der Waals surface area contributed by atoms with Gasteiger partial charge in [-0.1, -0.05) is 6.07 Å². The largest absolute Gasteiger partial charge is 0.493 e. The molecule has 0 saturated heterocycles. The molecule has 1 amide bonds. The normalized spacial score (nSPS) is 14.5. The molecule has 0 unspecified atom stereocenters. The number of hydrogen-bond acceptors (Lipinski definition) is 6. The summed E-state index contributed by atoms with van der Waals surface area (Å²) in [6.07, 6.45) is 2.25. The van der Waals surface area contributed by atoms with E-state index < -0.39 is 0 Å². The van der Waals surface area contributed by atoms with E-state index in [0.717, 1.165) is 35.2 Å². The summed E-state index contributed by atoms with van der Waals surface area (Å²) < 4.78 is 17.0. The van der Waals surface area contributed by atoms with Crippen molar-refractivity contribution >= 4 is 11.6 Å². The molecule has 2 aromatic carbocycles. The third kappa shape index (κ3) is 5.44. The van der Waals surface area contributed by atoms with Gasteiger partial charge in [-0.15, -0.1) is 0 Å². The Morgan fingerprint density at radius 2 is 1.82 bits per heavy atom. The summed E-state index contributed by atoms with van der Waals surface area (Å²) in [5.74, 6) is 1.47. The lowest BCUT2D eigenvalue weighted by Gasteiger charge is -2.19. The summed E-state index contributed by atoms with van der Waals surface area (Å²) in [5, 5.41) is 6.32. The molecule has 0 saturated carbocycles. The van der Waals surface area contributed by atoms with E-state index in [1.165, 1.54) is 11.8 Å². The zero-order valence-electron chi connectivity index (χ0n) is 21.0. The van der Waals surface area contributed by atoms with Crippen molar-refractivity contribution in [2.75, 3.05) is 53.8 Å². The molecule has 3 rings (SSSR count). The Morgan fingerprint density at radius 3 is 2.44 bits per heavy atom. The Labute approximate surface area is 201 Å². The quantitative estimate of drug-likeness (QED) is 0.485. The fraction of sp³-hybridized carbons (Fsp3) is 0.462. The van der Waals surface area contributed by atoms with Crippen LogP contribution in [0.3, 0.4) is 0 Å². The number of hydrogen-bond donors (Lipinski definition) is 3. The molecule has 3 N–H and O–H groups in total. The predicted octanol–water partition coefficient (Wildman–Crippen LogP) is 1.81. The van der Waals surface area contributed by atoms with Gasteiger partial charge in [-0.05, 0) is 47.7 Å². The maximum atomic E-state index is 13.2. The second-order valence-corrected chi connectivity index (χ2v) is 8.83. The van der Waals surface area contributed by atoms with Crippen molar-refractivity contribution < 1.29 is 23.9 Å². The summed E-state index contributed by atoms with van der Waals surface area (Å²) >= 11 is 0. The number of carbonyl (C=O) groups excluding carboxylic acids is 1. The molecule has 0 fully saturated rings. The van der Waals surface area contributed by atoms with Gasteiger partial charge in [0.15, 0.2) is 11.5 Å². The molecule has 1 atom stereocenters. The van der Waals surface area contributed by atoms with Crippen LogP contribution in [0.4, 0.5) is 5.69 Å². The minimum Gasteiger partial charge on any atom is -0.493 e. The van der Waals surface area contributed by atoms with E-state index in [2.05, 4.69) is 24.7 Å². The molecule has 8 heteroatoms. The minimum absolute atomic E-state index is 0.114. The molecule has 1 aliphatic carbocycles. The van der Waals surface area contributed by atoms with E-state index in [0.29, 0.717) is 42.3 Å². The number of quaternary nitrogens is 1. The highest BCUT2D eigenvalue weighted by Gasteiger charge is 2.29. The maximum Gasteiger partial charge on any atom is 0.217 e. The number of ether oxygens (including phenoxy) is 3. The van der Waals surface area contributed by atoms with Gasteiger partial charge in [-0.3, -0.25) is 9.59 Å². The first-order valence-electron chi connectivity index (χ1n) is 11.6. The van der Waals surface area contributed by atoms with Crippen molar-refractivity contribution in [1.29, 1.82) is 0 Å². The topological polar surface area (TPSA) is 90.3 Å². The van der Waals surface area contributed by atoms with Crippen LogP contribution in [-0.4, -0.2) is 54.4 Å². The van der Waals surface area contributed by atoms with Crippen LogP contribution in [0.15, 0.2) is 29.1 Å². The standard InChI is InChI=1S/C26H35N3O5/c1-16(30)28-20-10-8-17-14-23(32-4)25(33-5)26(34-6)24(17)18-9-11-21(22(31)15-19(18)20)27-12-7-13-29(2)3/h9,11,14-15,20H,7-8,10,12-13H2,1-6H3,(H,27,31)(H,28,30)/p+1/t20-/m0/s1. The first kappa shape index (κ1) is 25.4. The highest BCUT2D eigenvalue weighted by Crippen LogP contribution is 2.50. The molecule has 0 heterocycles. The van der Waals surface area contributed by atoms with E-state index in [1.54, 1.807) is 27.4 Å². The molecule has 0 aromatic heterocycles. The smallest absolute Gasteiger partial charge is 0.217 e.